The number of hydrogen-bond donors (Lipinski definition) is 5. The molecule has 1 saturated heterocycles. The van der Waals surface area contributed by atoms with Crippen LogP contribution in [0.1, 0.15) is 35.7 Å². The van der Waals surface area contributed by atoms with Crippen LogP contribution in [0.4, 0.5) is 10.5 Å². The molecule has 5 N–H and O–H groups in total. The molecule has 1 fully saturated rings. The van der Waals surface area contributed by atoms with Crippen LogP contribution in [0, 0.1) is 6.92 Å². The van der Waals surface area contributed by atoms with Gasteiger partial charge in [-0.2, -0.15) is 0 Å². The minimum absolute atomic E-state index is 0.118. The van der Waals surface area contributed by atoms with Gasteiger partial charge in [0, 0.05) is 24.3 Å². The number of hydrogen-bond acceptors (Lipinski definition) is 4. The molecule has 7 heteroatoms. The summed E-state index contributed by atoms with van der Waals surface area (Å²) in [4.78, 5) is 24.0. The molecule has 3 amide bonds. The number of benzene rings is 1. The Morgan fingerprint density at radius 3 is 2.83 bits per heavy atom. The molecular weight excluding hydrogens is 308 g/mol. The maximum Gasteiger partial charge on any atom is 0.319 e. The van der Waals surface area contributed by atoms with Crippen molar-refractivity contribution in [3.05, 3.63) is 29.3 Å². The number of carbonyl (C=O) groups is 2. The van der Waals surface area contributed by atoms with Crippen molar-refractivity contribution in [3.8, 4) is 0 Å². The van der Waals surface area contributed by atoms with Crippen molar-refractivity contribution in [2.24, 2.45) is 0 Å². The minimum atomic E-state index is -0.539. The number of carbonyl (C=O) groups excluding carboxylic acids is 2. The van der Waals surface area contributed by atoms with Crippen LogP contribution in [0.25, 0.3) is 0 Å². The second-order valence-electron chi connectivity index (χ2n) is 6.05. The molecule has 1 aliphatic heterocycles. The van der Waals surface area contributed by atoms with Gasteiger partial charge in [0.2, 0.25) is 0 Å². The number of piperidine rings is 1. The first-order valence-corrected chi connectivity index (χ1v) is 8.36. The van der Waals surface area contributed by atoms with Gasteiger partial charge in [-0.3, -0.25) is 4.79 Å². The maximum atomic E-state index is 12.1. The SMILES string of the molecule is CCCNC(=O)c1ccc(NC(=O)N[C@@H]2CNCC[C@H]2O)c(C)c1. The molecule has 0 saturated carbocycles. The molecule has 0 spiro atoms. The van der Waals surface area contributed by atoms with E-state index in [4.69, 9.17) is 0 Å². The Labute approximate surface area is 142 Å². The molecular formula is C17H26N4O3. The Bertz CT molecular complexity index is 591. The summed E-state index contributed by atoms with van der Waals surface area (Å²) in [6.07, 6.45) is 0.959. The molecule has 1 aromatic rings. The monoisotopic (exact) mass is 334 g/mol. The van der Waals surface area contributed by atoms with E-state index >= 15 is 0 Å². The first-order valence-electron chi connectivity index (χ1n) is 8.36. The number of amides is 3. The Kier molecular flexibility index (Phi) is 6.57. The standard InChI is InChI=1S/C17H26N4O3/c1-3-7-19-16(23)12-4-5-13(11(2)9-12)20-17(24)21-14-10-18-8-6-15(14)22/h4-5,9,14-15,18,22H,3,6-8,10H2,1-2H3,(H,19,23)(H2,20,21,24)/t14-,15-/m1/s1. The normalized spacial score (nSPS) is 20.3. The van der Waals surface area contributed by atoms with E-state index in [1.54, 1.807) is 18.2 Å². The molecule has 2 atom stereocenters. The van der Waals surface area contributed by atoms with Crippen LogP contribution in [0.2, 0.25) is 0 Å². The largest absolute Gasteiger partial charge is 0.391 e. The van der Waals surface area contributed by atoms with E-state index in [0.29, 0.717) is 30.8 Å². The minimum Gasteiger partial charge on any atom is -0.391 e. The molecule has 7 nitrogen and oxygen atoms in total. The van der Waals surface area contributed by atoms with E-state index in [1.807, 2.05) is 13.8 Å². The van der Waals surface area contributed by atoms with E-state index in [0.717, 1.165) is 18.5 Å². The van der Waals surface area contributed by atoms with E-state index in [2.05, 4.69) is 21.3 Å². The average molecular weight is 334 g/mol. The van der Waals surface area contributed by atoms with Gasteiger partial charge in [-0.15, -0.1) is 0 Å². The molecule has 0 aliphatic carbocycles. The van der Waals surface area contributed by atoms with Crippen LogP contribution in [-0.2, 0) is 0 Å². The Hall–Kier alpha value is -2.12. The molecule has 0 aromatic heterocycles. The van der Waals surface area contributed by atoms with Gasteiger partial charge in [0.15, 0.2) is 0 Å². The number of rotatable bonds is 5. The number of nitrogens with one attached hydrogen (secondary N) is 4. The van der Waals surface area contributed by atoms with Gasteiger partial charge in [0.25, 0.3) is 5.91 Å². The van der Waals surface area contributed by atoms with Crippen LogP contribution < -0.4 is 21.3 Å². The second kappa shape index (κ2) is 8.65. The van der Waals surface area contributed by atoms with E-state index < -0.39 is 6.10 Å². The fourth-order valence-corrected chi connectivity index (χ4v) is 2.60. The summed E-state index contributed by atoms with van der Waals surface area (Å²) in [5, 5.41) is 21.4. The van der Waals surface area contributed by atoms with Crippen molar-refractivity contribution >= 4 is 17.6 Å². The van der Waals surface area contributed by atoms with Gasteiger partial charge >= 0.3 is 6.03 Å². The lowest BCUT2D eigenvalue weighted by molar-refractivity contribution is 0.0953. The third kappa shape index (κ3) is 4.94. The predicted octanol–water partition coefficient (Wildman–Crippen LogP) is 0.979. The van der Waals surface area contributed by atoms with Crippen molar-refractivity contribution in [1.82, 2.24) is 16.0 Å². The van der Waals surface area contributed by atoms with Crippen LogP contribution in [0.3, 0.4) is 0 Å². The number of anilines is 1. The third-order valence-electron chi connectivity index (χ3n) is 4.03. The highest BCUT2D eigenvalue weighted by Crippen LogP contribution is 2.17. The van der Waals surface area contributed by atoms with E-state index in [1.165, 1.54) is 0 Å². The molecule has 24 heavy (non-hydrogen) atoms. The molecule has 0 unspecified atom stereocenters. The van der Waals surface area contributed by atoms with Gasteiger partial charge < -0.3 is 26.4 Å². The molecule has 2 rings (SSSR count). The summed E-state index contributed by atoms with van der Waals surface area (Å²) in [7, 11) is 0. The number of aliphatic hydroxyl groups is 1. The number of aryl methyl sites for hydroxylation is 1. The average Bonchev–Trinajstić information content (AvgIpc) is 2.56. The van der Waals surface area contributed by atoms with Crippen molar-refractivity contribution in [2.45, 2.75) is 38.8 Å². The number of aliphatic hydroxyl groups excluding tert-OH is 1. The summed E-state index contributed by atoms with van der Waals surface area (Å²) in [6.45, 7) is 5.77. The Balaban J connectivity index is 1.94. The second-order valence-corrected chi connectivity index (χ2v) is 6.05. The first-order chi connectivity index (χ1) is 11.5. The van der Waals surface area contributed by atoms with Crippen LogP contribution >= 0.6 is 0 Å². The summed E-state index contributed by atoms with van der Waals surface area (Å²) in [5.74, 6) is -0.118. The van der Waals surface area contributed by atoms with Gasteiger partial charge in [0.1, 0.15) is 0 Å². The highest BCUT2D eigenvalue weighted by molar-refractivity contribution is 5.96. The highest BCUT2D eigenvalue weighted by atomic mass is 16.3. The lowest BCUT2D eigenvalue weighted by Gasteiger charge is -2.29. The number of urea groups is 1. The lowest BCUT2D eigenvalue weighted by Crippen LogP contribution is -2.54. The topological polar surface area (TPSA) is 102 Å². The summed E-state index contributed by atoms with van der Waals surface area (Å²) in [6, 6.07) is 4.47. The first kappa shape index (κ1) is 18.2. The Morgan fingerprint density at radius 1 is 1.38 bits per heavy atom. The van der Waals surface area contributed by atoms with Crippen LogP contribution in [-0.4, -0.2) is 48.8 Å². The van der Waals surface area contributed by atoms with Crippen molar-refractivity contribution in [1.29, 1.82) is 0 Å². The molecule has 1 heterocycles. The van der Waals surface area contributed by atoms with E-state index in [-0.39, 0.29) is 18.0 Å². The van der Waals surface area contributed by atoms with Crippen LogP contribution in [0.15, 0.2) is 18.2 Å². The molecule has 0 radical (unpaired) electrons. The molecule has 0 bridgehead atoms. The molecule has 1 aromatic carbocycles. The van der Waals surface area contributed by atoms with Gasteiger partial charge in [0.05, 0.1) is 12.1 Å². The van der Waals surface area contributed by atoms with Gasteiger partial charge in [-0.05, 0) is 50.1 Å². The third-order valence-corrected chi connectivity index (χ3v) is 4.03. The quantitative estimate of drug-likeness (QED) is 0.554. The zero-order valence-electron chi connectivity index (χ0n) is 14.2. The lowest BCUT2D eigenvalue weighted by atomic mass is 10.0. The van der Waals surface area contributed by atoms with Crippen molar-refractivity contribution in [2.75, 3.05) is 25.0 Å². The Morgan fingerprint density at radius 2 is 2.17 bits per heavy atom. The zero-order valence-corrected chi connectivity index (χ0v) is 14.2. The maximum absolute atomic E-state index is 12.1. The predicted molar refractivity (Wildman–Crippen MR) is 93.2 cm³/mol. The highest BCUT2D eigenvalue weighted by Gasteiger charge is 2.24. The van der Waals surface area contributed by atoms with Gasteiger partial charge in [-0.1, -0.05) is 6.92 Å². The van der Waals surface area contributed by atoms with Crippen molar-refractivity contribution in [3.63, 3.8) is 0 Å². The molecule has 1 aliphatic rings. The van der Waals surface area contributed by atoms with E-state index in [9.17, 15) is 14.7 Å². The zero-order chi connectivity index (χ0) is 17.5. The fraction of sp³-hybridized carbons (Fsp3) is 0.529. The fourth-order valence-electron chi connectivity index (χ4n) is 2.60. The summed E-state index contributed by atoms with van der Waals surface area (Å²) in [5.41, 5.74) is 2.01. The van der Waals surface area contributed by atoms with Crippen LogP contribution in [0.5, 0.6) is 0 Å². The molecule has 132 valence electrons. The summed E-state index contributed by atoms with van der Waals surface area (Å²) >= 11 is 0. The van der Waals surface area contributed by atoms with Crippen molar-refractivity contribution < 1.29 is 14.7 Å². The smallest absolute Gasteiger partial charge is 0.319 e. The van der Waals surface area contributed by atoms with Gasteiger partial charge in [-0.25, -0.2) is 4.79 Å². The summed E-state index contributed by atoms with van der Waals surface area (Å²) < 4.78 is 0.